The second-order valence-electron chi connectivity index (χ2n) is 8.49. The van der Waals surface area contributed by atoms with Crippen LogP contribution in [0.1, 0.15) is 5.56 Å². The van der Waals surface area contributed by atoms with Gasteiger partial charge in [-0.05, 0) is 42.3 Å². The molecule has 4 aromatic rings. The maximum atomic E-state index is 11.9. The molecule has 0 atom stereocenters. The number of aromatic nitrogens is 4. The summed E-state index contributed by atoms with van der Waals surface area (Å²) in [6.45, 7) is 3.76. The highest BCUT2D eigenvalue weighted by molar-refractivity contribution is 5.96. The van der Waals surface area contributed by atoms with Crippen LogP contribution in [0.15, 0.2) is 55.0 Å². The number of benzene rings is 1. The highest BCUT2D eigenvalue weighted by atomic mass is 16.1. The van der Waals surface area contributed by atoms with E-state index < -0.39 is 0 Å². The van der Waals surface area contributed by atoms with Crippen LogP contribution in [-0.4, -0.2) is 63.8 Å². The van der Waals surface area contributed by atoms with Crippen LogP contribution in [0.5, 0.6) is 0 Å². The Morgan fingerprint density at radius 2 is 1.82 bits per heavy atom. The number of likely N-dealkylation sites (N-methyl/N-ethyl adjacent to an activating group) is 1. The fourth-order valence-electron chi connectivity index (χ4n) is 4.11. The molecule has 1 fully saturated rings. The average Bonchev–Trinajstić information content (AvgIpc) is 3.20. The molecule has 4 heterocycles. The van der Waals surface area contributed by atoms with E-state index in [2.05, 4.69) is 37.2 Å². The van der Waals surface area contributed by atoms with Crippen LogP contribution in [0.3, 0.4) is 0 Å². The molecule has 9 heteroatoms. The number of aryl methyl sites for hydroxylation is 1. The van der Waals surface area contributed by atoms with Crippen LogP contribution in [0.4, 0.5) is 17.5 Å². The van der Waals surface area contributed by atoms with Gasteiger partial charge in [0, 0.05) is 62.1 Å². The van der Waals surface area contributed by atoms with Crippen LogP contribution in [0.2, 0.25) is 0 Å². The molecule has 1 aliphatic rings. The number of nitrogen functional groups attached to an aromatic ring is 1. The van der Waals surface area contributed by atoms with Crippen LogP contribution in [-0.2, 0) is 11.8 Å². The maximum Gasteiger partial charge on any atom is 0.151 e. The van der Waals surface area contributed by atoms with Gasteiger partial charge in [0.15, 0.2) is 5.94 Å². The van der Waals surface area contributed by atoms with Gasteiger partial charge in [-0.2, -0.15) is 5.10 Å². The third-order valence-electron chi connectivity index (χ3n) is 6.23. The van der Waals surface area contributed by atoms with Gasteiger partial charge in [0.25, 0.3) is 0 Å². The van der Waals surface area contributed by atoms with E-state index in [0.29, 0.717) is 17.3 Å². The molecule has 3 N–H and O–H groups in total. The number of nitrogens with two attached hydrogens (primary N) is 1. The van der Waals surface area contributed by atoms with E-state index in [1.54, 1.807) is 29.3 Å². The fraction of sp³-hybridized carbons (Fsp3) is 0.240. The Kier molecular flexibility index (Phi) is 5.71. The Bertz CT molecular complexity index is 1400. The average molecular weight is 455 g/mol. The molecule has 1 aromatic carbocycles. The third-order valence-corrected chi connectivity index (χ3v) is 6.23. The molecule has 3 aromatic heterocycles. The Labute approximate surface area is 197 Å². The first-order valence-corrected chi connectivity index (χ1v) is 11.1. The second kappa shape index (κ2) is 8.97. The fourth-order valence-corrected chi connectivity index (χ4v) is 4.11. The summed E-state index contributed by atoms with van der Waals surface area (Å²) in [4.78, 5) is 25.4. The number of nitrogens with one attached hydrogen (secondary N) is 1. The minimum Gasteiger partial charge on any atom is -0.383 e. The van der Waals surface area contributed by atoms with Gasteiger partial charge >= 0.3 is 0 Å². The molecule has 0 aliphatic carbocycles. The second-order valence-corrected chi connectivity index (χ2v) is 8.49. The lowest BCUT2D eigenvalue weighted by molar-refractivity contribution is 0.312. The molecular formula is C25H26N8O. The molecular weight excluding hydrogens is 428 g/mol. The Hall–Kier alpha value is -4.20. The molecule has 0 spiro atoms. The molecule has 5 rings (SSSR count). The summed E-state index contributed by atoms with van der Waals surface area (Å²) in [7, 11) is 3.93. The molecule has 34 heavy (non-hydrogen) atoms. The minimum atomic E-state index is 0.317. The van der Waals surface area contributed by atoms with Crippen molar-refractivity contribution in [3.8, 4) is 11.1 Å². The van der Waals surface area contributed by atoms with Gasteiger partial charge in [0.05, 0.1) is 6.20 Å². The third kappa shape index (κ3) is 4.22. The van der Waals surface area contributed by atoms with Crippen LogP contribution in [0, 0.1) is 0 Å². The topological polar surface area (TPSA) is 105 Å². The van der Waals surface area contributed by atoms with E-state index in [0.717, 1.165) is 59.5 Å². The summed E-state index contributed by atoms with van der Waals surface area (Å²) in [5.74, 6) is 4.04. The lowest BCUT2D eigenvalue weighted by Gasteiger charge is -2.33. The summed E-state index contributed by atoms with van der Waals surface area (Å²) >= 11 is 0. The van der Waals surface area contributed by atoms with Crippen LogP contribution in [0.25, 0.3) is 27.6 Å². The van der Waals surface area contributed by atoms with Gasteiger partial charge in [-0.1, -0.05) is 12.1 Å². The zero-order valence-electron chi connectivity index (χ0n) is 19.2. The van der Waals surface area contributed by atoms with Gasteiger partial charge < -0.3 is 20.9 Å². The zero-order chi connectivity index (χ0) is 23.7. The molecule has 0 amide bonds. The lowest BCUT2D eigenvalue weighted by Crippen LogP contribution is -2.44. The maximum absolute atomic E-state index is 11.9. The van der Waals surface area contributed by atoms with Crippen molar-refractivity contribution in [3.05, 3.63) is 60.6 Å². The summed E-state index contributed by atoms with van der Waals surface area (Å²) < 4.78 is 1.64. The SMILES string of the molecule is CN1CCN(c2cc(C(=C=O)Nc3cc4cc(-c5cnn(C)c5N)ccc4cn3)ccn2)CC1. The van der Waals surface area contributed by atoms with Gasteiger partial charge in [-0.25, -0.2) is 14.8 Å². The number of nitrogens with zero attached hydrogens (tertiary/aromatic N) is 6. The molecule has 9 nitrogen and oxygen atoms in total. The van der Waals surface area contributed by atoms with E-state index in [9.17, 15) is 4.79 Å². The first kappa shape index (κ1) is 21.6. The van der Waals surface area contributed by atoms with Gasteiger partial charge in [0.2, 0.25) is 0 Å². The lowest BCUT2D eigenvalue weighted by atomic mass is 10.0. The predicted octanol–water partition coefficient (Wildman–Crippen LogP) is 2.65. The zero-order valence-corrected chi connectivity index (χ0v) is 19.2. The van der Waals surface area contributed by atoms with Crippen molar-refractivity contribution >= 4 is 39.9 Å². The number of carbonyl (C=O) groups excluding carboxylic acids is 1. The summed E-state index contributed by atoms with van der Waals surface area (Å²) in [5.41, 5.74) is 9.02. The minimum absolute atomic E-state index is 0.317. The molecule has 0 unspecified atom stereocenters. The number of fused-ring (bicyclic) bond motifs is 1. The normalized spacial score (nSPS) is 14.2. The van der Waals surface area contributed by atoms with Gasteiger partial charge in [0.1, 0.15) is 23.2 Å². The van der Waals surface area contributed by atoms with Crippen molar-refractivity contribution in [1.82, 2.24) is 24.6 Å². The van der Waals surface area contributed by atoms with Crippen LogP contribution >= 0.6 is 0 Å². The number of rotatable bonds is 5. The van der Waals surface area contributed by atoms with Gasteiger partial charge in [-0.3, -0.25) is 4.68 Å². The van der Waals surface area contributed by atoms with E-state index >= 15 is 0 Å². The first-order chi connectivity index (χ1) is 16.5. The van der Waals surface area contributed by atoms with E-state index in [1.165, 1.54) is 0 Å². The van der Waals surface area contributed by atoms with Crippen molar-refractivity contribution in [2.75, 3.05) is 49.2 Å². The number of hydrogen-bond acceptors (Lipinski definition) is 8. The van der Waals surface area contributed by atoms with Gasteiger partial charge in [-0.15, -0.1) is 0 Å². The highest BCUT2D eigenvalue weighted by Gasteiger charge is 2.16. The molecule has 0 bridgehead atoms. The van der Waals surface area contributed by atoms with E-state index in [-0.39, 0.29) is 0 Å². The van der Waals surface area contributed by atoms with E-state index in [1.807, 2.05) is 43.3 Å². The molecule has 0 saturated carbocycles. The Balaban J connectivity index is 1.41. The number of pyridine rings is 2. The molecule has 172 valence electrons. The van der Waals surface area contributed by atoms with Crippen molar-refractivity contribution < 1.29 is 4.79 Å². The Morgan fingerprint density at radius 1 is 1.00 bits per heavy atom. The molecule has 1 aliphatic heterocycles. The summed E-state index contributed by atoms with van der Waals surface area (Å²) in [6, 6.07) is 11.7. The quantitative estimate of drug-likeness (QED) is 0.444. The van der Waals surface area contributed by atoms with Crippen molar-refractivity contribution in [2.24, 2.45) is 7.05 Å². The van der Waals surface area contributed by atoms with E-state index in [4.69, 9.17) is 5.73 Å². The monoisotopic (exact) mass is 454 g/mol. The number of piperazine rings is 1. The number of anilines is 3. The largest absolute Gasteiger partial charge is 0.383 e. The van der Waals surface area contributed by atoms with Crippen molar-refractivity contribution in [2.45, 2.75) is 0 Å². The number of hydrogen-bond donors (Lipinski definition) is 2. The smallest absolute Gasteiger partial charge is 0.151 e. The molecule has 1 saturated heterocycles. The Morgan fingerprint density at radius 3 is 2.56 bits per heavy atom. The van der Waals surface area contributed by atoms with Crippen molar-refractivity contribution in [1.29, 1.82) is 0 Å². The standard InChI is InChI=1S/C25H26N8O/c1-31-7-9-33(10-8-31)24-13-18(5-6-27-24)22(16-34)30-23-12-20-11-17(3-4-19(20)14-28-23)21-15-29-32(2)25(21)26/h3-6,11-15H,7-10,26H2,1-2H3,(H,28,30). The summed E-state index contributed by atoms with van der Waals surface area (Å²) in [6.07, 6.45) is 5.25. The van der Waals surface area contributed by atoms with Crippen LogP contribution < -0.4 is 16.0 Å². The summed E-state index contributed by atoms with van der Waals surface area (Å²) in [5, 5.41) is 9.31. The predicted molar refractivity (Wildman–Crippen MR) is 135 cm³/mol. The van der Waals surface area contributed by atoms with Crippen molar-refractivity contribution in [3.63, 3.8) is 0 Å². The first-order valence-electron chi connectivity index (χ1n) is 11.1. The highest BCUT2D eigenvalue weighted by Crippen LogP contribution is 2.29. The molecule has 0 radical (unpaired) electrons.